The number of anilines is 3. The van der Waals surface area contributed by atoms with Crippen molar-refractivity contribution in [1.82, 2.24) is 0 Å². The maximum atomic E-state index is 13.8. The molecule has 6 nitrogen and oxygen atoms in total. The first-order valence-corrected chi connectivity index (χ1v) is 14.8. The van der Waals surface area contributed by atoms with Crippen LogP contribution in [-0.4, -0.2) is 16.8 Å². The van der Waals surface area contributed by atoms with E-state index >= 15 is 0 Å². The lowest BCUT2D eigenvalue weighted by atomic mass is 10.0. The minimum atomic E-state index is -4.11. The average molecular weight is 538 g/mol. The number of ether oxygens (including phenoxy) is 1. The van der Waals surface area contributed by atoms with E-state index in [2.05, 4.69) is 4.90 Å². The highest BCUT2D eigenvalue weighted by atomic mass is 32.2. The molecule has 38 heavy (non-hydrogen) atoms. The minimum Gasteiger partial charge on any atom is -0.453 e. The summed E-state index contributed by atoms with van der Waals surface area (Å²) in [7, 11) is -8.13. The van der Waals surface area contributed by atoms with Gasteiger partial charge in [-0.15, -0.1) is 0 Å². The lowest BCUT2D eigenvalue weighted by Gasteiger charge is -2.33. The van der Waals surface area contributed by atoms with Gasteiger partial charge in [0.25, 0.3) is 0 Å². The van der Waals surface area contributed by atoms with Crippen LogP contribution in [0.25, 0.3) is 11.1 Å². The Morgan fingerprint density at radius 1 is 0.526 bits per heavy atom. The number of para-hydroxylation sites is 3. The molecule has 0 N–H and O–H groups in total. The van der Waals surface area contributed by atoms with Crippen molar-refractivity contribution in [2.24, 2.45) is 0 Å². The summed E-state index contributed by atoms with van der Waals surface area (Å²) in [5, 5.41) is 0. The van der Waals surface area contributed by atoms with Crippen molar-refractivity contribution in [3.8, 4) is 22.6 Å². The van der Waals surface area contributed by atoms with Crippen LogP contribution >= 0.6 is 0 Å². The molecule has 0 saturated carbocycles. The van der Waals surface area contributed by atoms with Gasteiger partial charge in [-0.1, -0.05) is 60.7 Å². The van der Waals surface area contributed by atoms with Crippen molar-refractivity contribution in [2.45, 2.75) is 19.6 Å². The van der Waals surface area contributed by atoms with Gasteiger partial charge in [0.1, 0.15) is 0 Å². The molecule has 0 unspecified atom stereocenters. The summed E-state index contributed by atoms with van der Waals surface area (Å²) in [6.07, 6.45) is 0. The maximum Gasteiger partial charge on any atom is 0.209 e. The molecule has 0 spiro atoms. The molecule has 5 aromatic rings. The molecule has 8 heteroatoms. The molecule has 0 atom stereocenters. The Morgan fingerprint density at radius 3 is 1.95 bits per heavy atom. The molecule has 0 aliphatic carbocycles. The topological polar surface area (TPSA) is 80.8 Å². The number of benzene rings is 5. The average Bonchev–Trinajstić information content (AvgIpc) is 2.95. The largest absolute Gasteiger partial charge is 0.453 e. The van der Waals surface area contributed by atoms with Crippen LogP contribution in [0.2, 0.25) is 0 Å². The highest BCUT2D eigenvalue weighted by molar-refractivity contribution is 7.97. The molecule has 2 aliphatic heterocycles. The summed E-state index contributed by atoms with van der Waals surface area (Å²) in [5.41, 5.74) is 3.44. The number of nitrogens with zero attached hydrogens (tertiary/aromatic N) is 1. The van der Waals surface area contributed by atoms with Crippen LogP contribution in [0.1, 0.15) is 0 Å². The second kappa shape index (κ2) is 8.05. The Kier molecular flexibility index (Phi) is 4.82. The molecule has 186 valence electrons. The number of sulfone groups is 2. The fourth-order valence-electron chi connectivity index (χ4n) is 5.13. The Hall–Kier alpha value is -4.40. The van der Waals surface area contributed by atoms with Crippen molar-refractivity contribution in [2.75, 3.05) is 4.90 Å². The third-order valence-corrected chi connectivity index (χ3v) is 10.8. The normalized spacial score (nSPS) is 15.8. The number of hydrogen-bond donors (Lipinski definition) is 0. The number of rotatable bonds is 2. The van der Waals surface area contributed by atoms with Crippen LogP contribution in [0, 0.1) is 0 Å². The maximum absolute atomic E-state index is 13.8. The highest BCUT2D eigenvalue weighted by Gasteiger charge is 2.41. The van der Waals surface area contributed by atoms with Gasteiger partial charge < -0.3 is 9.64 Å². The monoisotopic (exact) mass is 537 g/mol. The van der Waals surface area contributed by atoms with Gasteiger partial charge in [0.05, 0.1) is 31.0 Å². The predicted molar refractivity (Wildman–Crippen MR) is 144 cm³/mol. The summed E-state index contributed by atoms with van der Waals surface area (Å²) in [4.78, 5) is 1.24. The quantitative estimate of drug-likeness (QED) is 0.238. The van der Waals surface area contributed by atoms with Gasteiger partial charge in [-0.25, -0.2) is 16.8 Å². The Balaban J connectivity index is 1.45. The van der Waals surface area contributed by atoms with Gasteiger partial charge in [0, 0.05) is 11.3 Å². The second-order valence-corrected chi connectivity index (χ2v) is 12.8. The Bertz CT molecular complexity index is 1990. The van der Waals surface area contributed by atoms with Gasteiger partial charge in [-0.05, 0) is 60.2 Å². The van der Waals surface area contributed by atoms with Crippen LogP contribution in [0.5, 0.6) is 11.5 Å². The molecular formula is C30H19NO5S2. The van der Waals surface area contributed by atoms with E-state index in [1.807, 2.05) is 60.7 Å². The van der Waals surface area contributed by atoms with Crippen molar-refractivity contribution < 1.29 is 21.6 Å². The van der Waals surface area contributed by atoms with E-state index in [4.69, 9.17) is 4.74 Å². The summed E-state index contributed by atoms with van der Waals surface area (Å²) in [5.74, 6) is 1.18. The smallest absolute Gasteiger partial charge is 0.209 e. The van der Waals surface area contributed by atoms with Gasteiger partial charge in [-0.2, -0.15) is 0 Å². The van der Waals surface area contributed by atoms with Crippen molar-refractivity contribution >= 4 is 36.7 Å². The Morgan fingerprint density at radius 2 is 1.16 bits per heavy atom. The first kappa shape index (κ1) is 22.8. The van der Waals surface area contributed by atoms with E-state index in [0.717, 1.165) is 17.1 Å². The summed E-state index contributed by atoms with van der Waals surface area (Å²) in [6.45, 7) is 0. The molecule has 5 aromatic carbocycles. The number of hydrogen-bond acceptors (Lipinski definition) is 6. The molecule has 2 aliphatic rings. The van der Waals surface area contributed by atoms with E-state index in [1.165, 1.54) is 30.3 Å². The molecule has 0 amide bonds. The molecule has 0 saturated heterocycles. The van der Waals surface area contributed by atoms with E-state index in [-0.39, 0.29) is 19.6 Å². The fraction of sp³-hybridized carbons (Fsp3) is 0. The number of fused-ring (bicyclic) bond motifs is 4. The van der Waals surface area contributed by atoms with Crippen LogP contribution in [-0.2, 0) is 19.7 Å². The molecule has 0 aromatic heterocycles. The van der Waals surface area contributed by atoms with Gasteiger partial charge in [-0.3, -0.25) is 0 Å². The molecule has 0 fully saturated rings. The summed E-state index contributed by atoms with van der Waals surface area (Å²) >= 11 is 0. The Labute approximate surface area is 220 Å². The van der Waals surface area contributed by atoms with E-state index in [1.54, 1.807) is 24.3 Å². The molecular weight excluding hydrogens is 518 g/mol. The van der Waals surface area contributed by atoms with Gasteiger partial charge in [0.2, 0.25) is 19.7 Å². The van der Waals surface area contributed by atoms with Crippen LogP contribution in [0.15, 0.2) is 135 Å². The second-order valence-electron chi connectivity index (χ2n) is 9.01. The van der Waals surface area contributed by atoms with E-state index < -0.39 is 19.7 Å². The lowest BCUT2D eigenvalue weighted by molar-refractivity contribution is 0.477. The van der Waals surface area contributed by atoms with Crippen molar-refractivity contribution in [3.05, 3.63) is 115 Å². The van der Waals surface area contributed by atoms with Gasteiger partial charge in [0.15, 0.2) is 11.5 Å². The van der Waals surface area contributed by atoms with Crippen molar-refractivity contribution in [3.63, 3.8) is 0 Å². The van der Waals surface area contributed by atoms with Crippen LogP contribution in [0.3, 0.4) is 0 Å². The third-order valence-electron chi connectivity index (χ3n) is 6.82. The van der Waals surface area contributed by atoms with Crippen LogP contribution < -0.4 is 9.64 Å². The first-order chi connectivity index (χ1) is 18.4. The van der Waals surface area contributed by atoms with E-state index in [9.17, 15) is 16.8 Å². The lowest BCUT2D eigenvalue weighted by Crippen LogP contribution is -2.20. The molecule has 0 radical (unpaired) electrons. The van der Waals surface area contributed by atoms with Crippen molar-refractivity contribution in [1.29, 1.82) is 0 Å². The third kappa shape index (κ3) is 3.17. The van der Waals surface area contributed by atoms with Crippen LogP contribution in [0.4, 0.5) is 17.1 Å². The highest BCUT2D eigenvalue weighted by Crippen LogP contribution is 2.52. The van der Waals surface area contributed by atoms with E-state index in [0.29, 0.717) is 22.6 Å². The zero-order valence-corrected chi connectivity index (χ0v) is 21.4. The minimum absolute atomic E-state index is 0.200. The standard InChI is InChI=1S/C30H19NO5S2/c32-37(33)27-14-6-7-15-28(27)38(34,35)30-22(11-8-16-29(30)37)20-17-18-24-26(19-20)36-25-13-5-4-12-23(25)31(24)21-9-2-1-3-10-21/h1-19H. The SMILES string of the molecule is O=S1(=O)c2ccccc2S(=O)(=O)c2c(-c3ccc4c(c3)Oc3ccccc3N4c3ccccc3)cccc21. The molecule has 7 rings (SSSR count). The summed E-state index contributed by atoms with van der Waals surface area (Å²) in [6, 6.07) is 33.3. The first-order valence-electron chi connectivity index (χ1n) is 11.9. The molecule has 0 bridgehead atoms. The van der Waals surface area contributed by atoms with Gasteiger partial charge >= 0.3 is 0 Å². The summed E-state index contributed by atoms with van der Waals surface area (Å²) < 4.78 is 60.7. The predicted octanol–water partition coefficient (Wildman–Crippen LogP) is 6.91. The zero-order chi connectivity index (χ0) is 26.1. The zero-order valence-electron chi connectivity index (χ0n) is 19.8. The fourth-order valence-corrected chi connectivity index (χ4v) is 9.51. The molecule has 2 heterocycles.